The number of hydrogen-bond donors (Lipinski definition) is 7. The van der Waals surface area contributed by atoms with Crippen LogP contribution in [0.4, 0.5) is 5.69 Å². The number of amides is 4. The highest BCUT2D eigenvalue weighted by Gasteiger charge is 2.32. The lowest BCUT2D eigenvalue weighted by Crippen LogP contribution is -2.57. The number of carboxylic acid groups (broad SMARTS) is 2. The highest BCUT2D eigenvalue weighted by Crippen LogP contribution is 2.21. The van der Waals surface area contributed by atoms with E-state index in [4.69, 9.17) is 16.3 Å². The van der Waals surface area contributed by atoms with Gasteiger partial charge in [0, 0.05) is 34.5 Å². The number of fused-ring (bicyclic) bond motifs is 2. The van der Waals surface area contributed by atoms with E-state index in [1.54, 1.807) is 42.5 Å². The summed E-state index contributed by atoms with van der Waals surface area (Å²) in [5.41, 5.74) is 1.74. The molecule has 0 aliphatic rings. The highest BCUT2D eigenvalue weighted by atomic mass is 35.5. The molecular formula is C38H36ClN5O9. The SMILES string of the molecule is COc1ccc(NC(=O)[C@H](CCC(=O)O)NC(=O)[C@H](CC(=O)O)NC(=O)[C@H](Cc2ccc3ccccc3c2)NC(=O)c2cc3cc(Cl)ccc3[nH]2)cc1. The Morgan fingerprint density at radius 3 is 2.11 bits per heavy atom. The molecule has 4 amide bonds. The lowest BCUT2D eigenvalue weighted by Gasteiger charge is -2.25. The third-order valence-corrected chi connectivity index (χ3v) is 8.59. The predicted octanol–water partition coefficient (Wildman–Crippen LogP) is 4.27. The Kier molecular flexibility index (Phi) is 12.3. The first kappa shape index (κ1) is 37.8. The summed E-state index contributed by atoms with van der Waals surface area (Å²) < 4.78 is 5.11. The van der Waals surface area contributed by atoms with Crippen LogP contribution in [0.3, 0.4) is 0 Å². The number of ether oxygens (including phenoxy) is 1. The number of carbonyl (C=O) groups excluding carboxylic acids is 4. The summed E-state index contributed by atoms with van der Waals surface area (Å²) in [6.45, 7) is 0. The number of aromatic nitrogens is 1. The molecule has 0 unspecified atom stereocenters. The zero-order valence-corrected chi connectivity index (χ0v) is 29.1. The molecule has 0 fully saturated rings. The van der Waals surface area contributed by atoms with E-state index in [9.17, 15) is 39.0 Å². The van der Waals surface area contributed by atoms with Crippen molar-refractivity contribution in [1.29, 1.82) is 0 Å². The molecule has 3 atom stereocenters. The molecule has 1 heterocycles. The third kappa shape index (κ3) is 10.3. The van der Waals surface area contributed by atoms with Crippen molar-refractivity contribution in [2.24, 2.45) is 0 Å². The standard InChI is InChI=1S/C38H36ClN5O9/c1-53-27-11-9-26(10-12-27)40-35(49)29(14-15-33(45)46)42-38(52)32(20-34(47)48)44-36(50)30(17-21-6-7-22-4-2-3-5-23(22)16-21)43-37(51)31-19-24-18-25(39)8-13-28(24)41-31/h2-13,16,18-19,29-30,32,41H,14-15,17,20H2,1H3,(H,40,49)(H,42,52)(H,43,51)(H,44,50)(H,45,46)(H,47,48)/t29-,30-,32-/m0/s1. The number of carbonyl (C=O) groups is 6. The molecule has 14 nitrogen and oxygen atoms in total. The Balaban J connectivity index is 1.38. The maximum atomic E-state index is 13.9. The fourth-order valence-electron chi connectivity index (χ4n) is 5.64. The van der Waals surface area contributed by atoms with Crippen molar-refractivity contribution in [3.63, 3.8) is 0 Å². The number of aliphatic carboxylic acids is 2. The number of carboxylic acids is 2. The average molecular weight is 742 g/mol. The van der Waals surface area contributed by atoms with Crippen molar-refractivity contribution >= 4 is 74.5 Å². The van der Waals surface area contributed by atoms with E-state index >= 15 is 0 Å². The fourth-order valence-corrected chi connectivity index (χ4v) is 5.82. The minimum Gasteiger partial charge on any atom is -0.497 e. The first-order valence-electron chi connectivity index (χ1n) is 16.4. The van der Waals surface area contributed by atoms with Crippen LogP contribution in [0.5, 0.6) is 5.75 Å². The molecule has 274 valence electrons. The largest absolute Gasteiger partial charge is 0.497 e. The molecule has 7 N–H and O–H groups in total. The van der Waals surface area contributed by atoms with Crippen LogP contribution < -0.4 is 26.0 Å². The van der Waals surface area contributed by atoms with Gasteiger partial charge in [0.1, 0.15) is 29.6 Å². The minimum atomic E-state index is -1.72. The van der Waals surface area contributed by atoms with E-state index < -0.39 is 66.5 Å². The van der Waals surface area contributed by atoms with Gasteiger partial charge in [-0.25, -0.2) is 0 Å². The van der Waals surface area contributed by atoms with E-state index in [1.165, 1.54) is 19.2 Å². The Hall–Kier alpha value is -6.41. The number of hydrogen-bond acceptors (Lipinski definition) is 7. The van der Waals surface area contributed by atoms with Crippen LogP contribution in [0.25, 0.3) is 21.7 Å². The van der Waals surface area contributed by atoms with Crippen LogP contribution >= 0.6 is 11.6 Å². The summed E-state index contributed by atoms with van der Waals surface area (Å²) in [6, 6.07) is 21.4. The molecule has 15 heteroatoms. The quantitative estimate of drug-likeness (QED) is 0.0768. The van der Waals surface area contributed by atoms with Crippen molar-refractivity contribution in [1.82, 2.24) is 20.9 Å². The number of aromatic amines is 1. The molecule has 0 saturated heterocycles. The second kappa shape index (κ2) is 17.2. The third-order valence-electron chi connectivity index (χ3n) is 8.35. The molecule has 0 radical (unpaired) electrons. The number of methoxy groups -OCH3 is 1. The van der Waals surface area contributed by atoms with Gasteiger partial charge < -0.3 is 41.2 Å². The molecule has 0 bridgehead atoms. The Labute approximate surface area is 307 Å². The molecule has 0 aliphatic heterocycles. The van der Waals surface area contributed by atoms with Gasteiger partial charge in [-0.1, -0.05) is 54.1 Å². The van der Waals surface area contributed by atoms with Crippen LogP contribution in [-0.4, -0.2) is 76.0 Å². The van der Waals surface area contributed by atoms with Gasteiger partial charge in [0.05, 0.1) is 13.5 Å². The molecule has 5 rings (SSSR count). The van der Waals surface area contributed by atoms with E-state index in [1.807, 2.05) is 36.4 Å². The summed E-state index contributed by atoms with van der Waals surface area (Å²) in [4.78, 5) is 80.5. The Morgan fingerprint density at radius 2 is 1.42 bits per heavy atom. The Morgan fingerprint density at radius 1 is 0.717 bits per heavy atom. The monoisotopic (exact) mass is 741 g/mol. The number of nitrogens with one attached hydrogen (secondary N) is 5. The number of benzene rings is 4. The second-order valence-electron chi connectivity index (χ2n) is 12.2. The van der Waals surface area contributed by atoms with Crippen molar-refractivity contribution < 1.29 is 43.7 Å². The van der Waals surface area contributed by atoms with Crippen LogP contribution in [0.1, 0.15) is 35.3 Å². The van der Waals surface area contributed by atoms with Crippen LogP contribution in [0.15, 0.2) is 91.0 Å². The maximum Gasteiger partial charge on any atom is 0.305 e. The van der Waals surface area contributed by atoms with Crippen molar-refractivity contribution in [2.75, 3.05) is 12.4 Å². The second-order valence-corrected chi connectivity index (χ2v) is 12.6. The summed E-state index contributed by atoms with van der Waals surface area (Å²) in [7, 11) is 1.47. The van der Waals surface area contributed by atoms with E-state index in [0.29, 0.717) is 32.9 Å². The molecule has 0 spiro atoms. The molecule has 0 saturated carbocycles. The summed E-state index contributed by atoms with van der Waals surface area (Å²) in [6.07, 6.45) is -1.77. The molecule has 53 heavy (non-hydrogen) atoms. The number of H-pyrrole nitrogens is 1. The molecule has 4 aromatic carbocycles. The minimum absolute atomic E-state index is 0.0403. The Bertz CT molecular complexity index is 2170. The van der Waals surface area contributed by atoms with Crippen LogP contribution in [0.2, 0.25) is 5.02 Å². The topological polar surface area (TPSA) is 216 Å². The normalized spacial score (nSPS) is 12.6. The summed E-state index contributed by atoms with van der Waals surface area (Å²) in [5.74, 6) is -5.51. The van der Waals surface area contributed by atoms with Gasteiger partial charge in [-0.15, -0.1) is 0 Å². The molecular weight excluding hydrogens is 706 g/mol. The van der Waals surface area contributed by atoms with Crippen LogP contribution in [0, 0.1) is 0 Å². The van der Waals surface area contributed by atoms with E-state index in [2.05, 4.69) is 26.3 Å². The van der Waals surface area contributed by atoms with Crippen molar-refractivity contribution in [3.8, 4) is 5.75 Å². The predicted molar refractivity (Wildman–Crippen MR) is 197 cm³/mol. The number of halogens is 1. The lowest BCUT2D eigenvalue weighted by atomic mass is 10.0. The summed E-state index contributed by atoms with van der Waals surface area (Å²) >= 11 is 6.11. The van der Waals surface area contributed by atoms with Gasteiger partial charge in [0.25, 0.3) is 5.91 Å². The van der Waals surface area contributed by atoms with Gasteiger partial charge in [0.15, 0.2) is 0 Å². The van der Waals surface area contributed by atoms with Crippen molar-refractivity contribution in [3.05, 3.63) is 107 Å². The lowest BCUT2D eigenvalue weighted by molar-refractivity contribution is -0.141. The highest BCUT2D eigenvalue weighted by molar-refractivity contribution is 6.31. The first-order valence-corrected chi connectivity index (χ1v) is 16.8. The molecule has 5 aromatic rings. The fraction of sp³-hybridized carbons (Fsp3) is 0.211. The first-order chi connectivity index (χ1) is 25.4. The maximum absolute atomic E-state index is 13.9. The van der Waals surface area contributed by atoms with Gasteiger partial charge in [-0.3, -0.25) is 28.8 Å². The van der Waals surface area contributed by atoms with Gasteiger partial charge in [-0.05, 0) is 71.3 Å². The number of anilines is 1. The van der Waals surface area contributed by atoms with Gasteiger partial charge in [-0.2, -0.15) is 0 Å². The van der Waals surface area contributed by atoms with E-state index in [-0.39, 0.29) is 18.5 Å². The summed E-state index contributed by atoms with van der Waals surface area (Å²) in [5, 5.41) is 32.0. The average Bonchev–Trinajstić information content (AvgIpc) is 3.56. The van der Waals surface area contributed by atoms with Gasteiger partial charge >= 0.3 is 11.9 Å². The van der Waals surface area contributed by atoms with Crippen molar-refractivity contribution in [2.45, 2.75) is 43.8 Å². The van der Waals surface area contributed by atoms with Crippen LogP contribution in [-0.2, 0) is 30.4 Å². The zero-order chi connectivity index (χ0) is 38.1. The number of rotatable bonds is 16. The van der Waals surface area contributed by atoms with Gasteiger partial charge in [0.2, 0.25) is 17.7 Å². The van der Waals surface area contributed by atoms with E-state index in [0.717, 1.165) is 10.8 Å². The molecule has 0 aliphatic carbocycles. The smallest absolute Gasteiger partial charge is 0.305 e. The molecule has 1 aromatic heterocycles. The zero-order valence-electron chi connectivity index (χ0n) is 28.4.